The van der Waals surface area contributed by atoms with Gasteiger partial charge >= 0.3 is 96.5 Å². The second kappa shape index (κ2) is 4.92. The van der Waals surface area contributed by atoms with Gasteiger partial charge in [-0.25, -0.2) is 0 Å². The number of hydrogen-bond donors (Lipinski definition) is 0. The molecule has 6 heteroatoms. The summed E-state index contributed by atoms with van der Waals surface area (Å²) in [5.74, 6) is 0. The number of hydrogen-bond acceptors (Lipinski definition) is 4. The van der Waals surface area contributed by atoms with Crippen LogP contribution in [0.3, 0.4) is 0 Å². The molecule has 0 aromatic rings. The van der Waals surface area contributed by atoms with Gasteiger partial charge in [0.15, 0.2) is 0 Å². The molecule has 0 aromatic heterocycles. The first-order valence-electron chi connectivity index (χ1n) is 3.37. The molecule has 0 unspecified atom stereocenters. The third kappa shape index (κ3) is 2.92. The monoisotopic (exact) mass is 383 g/mol. The van der Waals surface area contributed by atoms with Crippen LogP contribution < -0.4 is 0 Å². The van der Waals surface area contributed by atoms with Crippen LogP contribution in [0.1, 0.15) is 6.92 Å². The van der Waals surface area contributed by atoms with Crippen molar-refractivity contribution >= 4 is 8.43 Å². The number of hydroxylamine groups is 1. The Labute approximate surface area is 96.2 Å². The molecule has 0 bridgehead atoms. The molecule has 67 valence electrons. The van der Waals surface area contributed by atoms with Crippen LogP contribution in [0.2, 0.25) is 0 Å². The molecule has 0 atom stereocenters. The second-order valence-electron chi connectivity index (χ2n) is 2.12. The minimum atomic E-state index is 0.735. The third-order valence-corrected chi connectivity index (χ3v) is 2.29. The van der Waals surface area contributed by atoms with Crippen LogP contribution in [0.15, 0.2) is 28.2 Å². The van der Waals surface area contributed by atoms with Gasteiger partial charge in [0.1, 0.15) is 0 Å². The van der Waals surface area contributed by atoms with Crippen LogP contribution >= 0.6 is 0 Å². The van der Waals surface area contributed by atoms with Gasteiger partial charge in [0.2, 0.25) is 0 Å². The zero-order chi connectivity index (χ0) is 9.84. The Balaban J connectivity index is 2.81. The van der Waals surface area contributed by atoms with Crippen molar-refractivity contribution < 1.29 is 41.2 Å². The van der Waals surface area contributed by atoms with E-state index in [-0.39, 0.29) is 0 Å². The molecular formula is C7H6N3OVW-. The Morgan fingerprint density at radius 2 is 2.46 bits per heavy atom. The van der Waals surface area contributed by atoms with Crippen LogP contribution in [-0.2, 0) is 41.2 Å². The molecule has 0 N–H and O–H groups in total. The summed E-state index contributed by atoms with van der Waals surface area (Å²) in [7, 11) is 0. The first-order chi connectivity index (χ1) is 6.15. The van der Waals surface area contributed by atoms with Crippen molar-refractivity contribution in [1.29, 1.82) is 0 Å². The average molecular weight is 383 g/mol. The van der Waals surface area contributed by atoms with Gasteiger partial charge in [0.05, 0.1) is 0 Å². The van der Waals surface area contributed by atoms with E-state index in [1.54, 1.807) is 6.08 Å². The Morgan fingerprint density at radius 1 is 1.77 bits per heavy atom. The van der Waals surface area contributed by atoms with Crippen molar-refractivity contribution in [2.75, 3.05) is 0 Å². The standard InChI is InChI=1S/C7H6N3O.V.W/c1-3-5-7-6-8-9-10(7)11-4-2;;/h1,3,5H,2H3;;/q-1;;/b7-5+;;. The maximum atomic E-state index is 5.28. The zero-order valence-electron chi connectivity index (χ0n) is 6.84. The molecule has 0 saturated carbocycles. The summed E-state index contributed by atoms with van der Waals surface area (Å²) < 4.78 is 1.59. The van der Waals surface area contributed by atoms with E-state index in [2.05, 4.69) is 27.3 Å². The van der Waals surface area contributed by atoms with Gasteiger partial charge in [0, 0.05) is 0 Å². The SMILES string of the molecule is [CH-]=C/C=C1\[C](=[W])N=NN1O[C](C)=[V]. The van der Waals surface area contributed by atoms with Crippen LogP contribution in [0.5, 0.6) is 0 Å². The van der Waals surface area contributed by atoms with E-state index in [0.29, 0.717) is 0 Å². The summed E-state index contributed by atoms with van der Waals surface area (Å²) in [5, 5.41) is 9.03. The van der Waals surface area contributed by atoms with Crippen molar-refractivity contribution in [3.63, 3.8) is 0 Å². The minimum absolute atomic E-state index is 0.735. The van der Waals surface area contributed by atoms with Gasteiger partial charge in [-0.05, 0) is 0 Å². The molecule has 0 aromatic carbocycles. The van der Waals surface area contributed by atoms with Crippen molar-refractivity contribution in [2.45, 2.75) is 6.92 Å². The molecule has 0 saturated heterocycles. The first-order valence-corrected chi connectivity index (χ1v) is 5.53. The quantitative estimate of drug-likeness (QED) is 0.678. The van der Waals surface area contributed by atoms with Crippen LogP contribution in [0.25, 0.3) is 0 Å². The molecule has 1 heterocycles. The van der Waals surface area contributed by atoms with E-state index in [4.69, 9.17) is 11.4 Å². The molecule has 0 spiro atoms. The summed E-state index contributed by atoms with van der Waals surface area (Å²) in [6, 6.07) is 0. The zero-order valence-corrected chi connectivity index (χ0v) is 11.2. The normalized spacial score (nSPS) is 18.3. The molecule has 0 radical (unpaired) electrons. The predicted molar refractivity (Wildman–Crippen MR) is 40.4 cm³/mol. The predicted octanol–water partition coefficient (Wildman–Crippen LogP) is 0.847. The fraction of sp³-hybridized carbons (Fsp3) is 0.143. The van der Waals surface area contributed by atoms with Crippen molar-refractivity contribution in [3.05, 3.63) is 24.4 Å². The van der Waals surface area contributed by atoms with Crippen LogP contribution in [0.4, 0.5) is 0 Å². The van der Waals surface area contributed by atoms with Gasteiger partial charge < -0.3 is 0 Å². The topological polar surface area (TPSA) is 37.2 Å². The number of nitrogens with zero attached hydrogens (tertiary/aromatic N) is 3. The summed E-state index contributed by atoms with van der Waals surface area (Å²) in [6.45, 7) is 7.10. The molecular weight excluding hydrogens is 377 g/mol. The first kappa shape index (κ1) is 10.9. The number of allylic oxidation sites excluding steroid dienone is 2. The fourth-order valence-corrected chi connectivity index (χ4v) is 1.46. The summed E-state index contributed by atoms with van der Waals surface area (Å²) in [5.41, 5.74) is 0.780. The molecule has 0 amide bonds. The van der Waals surface area contributed by atoms with Crippen molar-refractivity contribution in [3.8, 4) is 0 Å². The van der Waals surface area contributed by atoms with E-state index in [1.165, 1.54) is 30.6 Å². The van der Waals surface area contributed by atoms with Gasteiger partial charge in [-0.15, -0.1) is 0 Å². The summed E-state index contributed by atoms with van der Waals surface area (Å²) in [6.07, 6.45) is 3.14. The maximum absolute atomic E-state index is 5.28. The Morgan fingerprint density at radius 3 is 3.00 bits per heavy atom. The van der Waals surface area contributed by atoms with E-state index in [0.717, 1.165) is 14.1 Å². The van der Waals surface area contributed by atoms with E-state index >= 15 is 0 Å². The van der Waals surface area contributed by atoms with Gasteiger partial charge in [0.25, 0.3) is 0 Å². The van der Waals surface area contributed by atoms with Gasteiger partial charge in [-0.3, -0.25) is 0 Å². The van der Waals surface area contributed by atoms with Crippen molar-refractivity contribution in [2.24, 2.45) is 10.3 Å². The average Bonchev–Trinajstić information content (AvgIpc) is 2.35. The molecule has 0 aliphatic carbocycles. The third-order valence-electron chi connectivity index (χ3n) is 1.11. The van der Waals surface area contributed by atoms with E-state index < -0.39 is 0 Å². The summed E-state index contributed by atoms with van der Waals surface area (Å²) >= 11 is 3.51. The molecule has 4 nitrogen and oxygen atoms in total. The Bertz CT molecular complexity index is 324. The Kier molecular flexibility index (Phi) is 4.13. The van der Waals surface area contributed by atoms with E-state index in [9.17, 15) is 0 Å². The van der Waals surface area contributed by atoms with E-state index in [1.807, 2.05) is 6.92 Å². The summed E-state index contributed by atoms with van der Waals surface area (Å²) in [4.78, 5) is 5.26. The molecule has 13 heavy (non-hydrogen) atoms. The molecule has 1 aliphatic heterocycles. The molecule has 1 rings (SSSR count). The molecule has 0 fully saturated rings. The Hall–Kier alpha value is -0.147. The molecule has 1 aliphatic rings. The second-order valence-corrected chi connectivity index (χ2v) is 4.49. The van der Waals surface area contributed by atoms with Crippen LogP contribution in [-0.4, -0.2) is 13.6 Å². The van der Waals surface area contributed by atoms with Crippen LogP contribution in [0, 0.1) is 6.58 Å². The fourth-order valence-electron chi connectivity index (χ4n) is 0.681. The van der Waals surface area contributed by atoms with Crippen molar-refractivity contribution in [1.82, 2.24) is 5.17 Å². The van der Waals surface area contributed by atoms with Gasteiger partial charge in [-0.2, -0.15) is 0 Å². The van der Waals surface area contributed by atoms with Gasteiger partial charge in [-0.1, -0.05) is 0 Å². The number of rotatable bonds is 3.